The van der Waals surface area contributed by atoms with Crippen molar-refractivity contribution in [3.63, 3.8) is 0 Å². The van der Waals surface area contributed by atoms with Crippen LogP contribution in [0.5, 0.6) is 0 Å². The zero-order valence-corrected chi connectivity index (χ0v) is 10.6. The van der Waals surface area contributed by atoms with Gasteiger partial charge < -0.3 is 14.1 Å². The molecule has 0 saturated heterocycles. The summed E-state index contributed by atoms with van der Waals surface area (Å²) in [5, 5.41) is 0. The van der Waals surface area contributed by atoms with Crippen LogP contribution >= 0.6 is 0 Å². The fraction of sp³-hybridized carbons (Fsp3) is 0.385. The van der Waals surface area contributed by atoms with Gasteiger partial charge in [0.05, 0.1) is 18.4 Å². The SMILES string of the molecule is C=CCN(CC(=O)OCC)C(=O)c1ccoc1C. The van der Waals surface area contributed by atoms with Crippen LogP contribution < -0.4 is 0 Å². The highest BCUT2D eigenvalue weighted by Gasteiger charge is 2.21. The molecule has 0 aliphatic heterocycles. The van der Waals surface area contributed by atoms with Crippen molar-refractivity contribution in [2.75, 3.05) is 19.7 Å². The molecule has 0 bridgehead atoms. The number of esters is 1. The Morgan fingerprint density at radius 2 is 2.28 bits per heavy atom. The quantitative estimate of drug-likeness (QED) is 0.571. The van der Waals surface area contributed by atoms with Crippen LogP contribution in [0.15, 0.2) is 29.4 Å². The normalized spacial score (nSPS) is 9.89. The third-order valence-electron chi connectivity index (χ3n) is 2.35. The Morgan fingerprint density at radius 3 is 2.78 bits per heavy atom. The van der Waals surface area contributed by atoms with Crippen molar-refractivity contribution in [1.29, 1.82) is 0 Å². The number of nitrogens with zero attached hydrogens (tertiary/aromatic N) is 1. The Labute approximate surface area is 106 Å². The molecule has 0 aliphatic carbocycles. The summed E-state index contributed by atoms with van der Waals surface area (Å²) < 4.78 is 9.90. The number of carbonyl (C=O) groups is 2. The van der Waals surface area contributed by atoms with Gasteiger partial charge in [-0.3, -0.25) is 9.59 Å². The van der Waals surface area contributed by atoms with Gasteiger partial charge in [0.1, 0.15) is 12.3 Å². The maximum Gasteiger partial charge on any atom is 0.325 e. The third-order valence-corrected chi connectivity index (χ3v) is 2.35. The smallest absolute Gasteiger partial charge is 0.325 e. The molecule has 0 aliphatic rings. The van der Waals surface area contributed by atoms with E-state index in [4.69, 9.17) is 9.15 Å². The fourth-order valence-electron chi connectivity index (χ4n) is 1.51. The molecule has 0 spiro atoms. The molecule has 0 saturated carbocycles. The predicted octanol–water partition coefficient (Wildman–Crippen LogP) is 1.78. The van der Waals surface area contributed by atoms with E-state index in [9.17, 15) is 9.59 Å². The van der Waals surface area contributed by atoms with E-state index >= 15 is 0 Å². The second-order valence-corrected chi connectivity index (χ2v) is 3.67. The molecule has 98 valence electrons. The van der Waals surface area contributed by atoms with Crippen molar-refractivity contribution in [3.05, 3.63) is 36.3 Å². The highest BCUT2D eigenvalue weighted by atomic mass is 16.5. The number of furan rings is 1. The molecular formula is C13H17NO4. The van der Waals surface area contributed by atoms with Crippen LogP contribution in [0.4, 0.5) is 0 Å². The molecule has 5 nitrogen and oxygen atoms in total. The lowest BCUT2D eigenvalue weighted by molar-refractivity contribution is -0.143. The van der Waals surface area contributed by atoms with E-state index in [1.165, 1.54) is 11.2 Å². The van der Waals surface area contributed by atoms with Gasteiger partial charge in [-0.2, -0.15) is 0 Å². The molecule has 0 aromatic carbocycles. The molecule has 0 fully saturated rings. The van der Waals surface area contributed by atoms with Crippen LogP contribution in [0.3, 0.4) is 0 Å². The number of rotatable bonds is 6. The number of aryl methyl sites for hydroxylation is 1. The van der Waals surface area contributed by atoms with Crippen molar-refractivity contribution in [3.8, 4) is 0 Å². The number of hydrogen-bond acceptors (Lipinski definition) is 4. The highest BCUT2D eigenvalue weighted by molar-refractivity contribution is 5.96. The highest BCUT2D eigenvalue weighted by Crippen LogP contribution is 2.12. The second-order valence-electron chi connectivity index (χ2n) is 3.67. The maximum absolute atomic E-state index is 12.2. The van der Waals surface area contributed by atoms with Crippen LogP contribution in [-0.4, -0.2) is 36.5 Å². The lowest BCUT2D eigenvalue weighted by Crippen LogP contribution is -2.36. The Hall–Kier alpha value is -2.04. The summed E-state index contributed by atoms with van der Waals surface area (Å²) in [5.74, 6) is -0.180. The van der Waals surface area contributed by atoms with Crippen LogP contribution in [0.2, 0.25) is 0 Å². The van der Waals surface area contributed by atoms with Gasteiger partial charge in [0.15, 0.2) is 0 Å². The topological polar surface area (TPSA) is 59.8 Å². The molecule has 1 amide bonds. The molecule has 0 atom stereocenters. The zero-order chi connectivity index (χ0) is 13.5. The lowest BCUT2D eigenvalue weighted by Gasteiger charge is -2.19. The number of ether oxygens (including phenoxy) is 1. The summed E-state index contributed by atoms with van der Waals surface area (Å²) in [5.41, 5.74) is 0.446. The van der Waals surface area contributed by atoms with E-state index in [2.05, 4.69) is 6.58 Å². The van der Waals surface area contributed by atoms with E-state index in [1.54, 1.807) is 26.0 Å². The minimum Gasteiger partial charge on any atom is -0.469 e. The first-order valence-corrected chi connectivity index (χ1v) is 5.70. The molecular weight excluding hydrogens is 234 g/mol. The Kier molecular flexibility index (Phi) is 5.17. The Morgan fingerprint density at radius 1 is 1.56 bits per heavy atom. The maximum atomic E-state index is 12.2. The Bertz CT molecular complexity index is 436. The third kappa shape index (κ3) is 3.48. The van der Waals surface area contributed by atoms with Crippen LogP contribution in [0, 0.1) is 6.92 Å². The molecule has 5 heteroatoms. The van der Waals surface area contributed by atoms with Gasteiger partial charge >= 0.3 is 5.97 Å². The minimum absolute atomic E-state index is 0.0939. The van der Waals surface area contributed by atoms with E-state index in [0.717, 1.165) is 0 Å². The molecule has 0 unspecified atom stereocenters. The molecule has 0 N–H and O–H groups in total. The van der Waals surface area contributed by atoms with E-state index in [-0.39, 0.29) is 19.0 Å². The first-order chi connectivity index (χ1) is 8.60. The van der Waals surface area contributed by atoms with Gasteiger partial charge in [0.2, 0.25) is 0 Å². The fourth-order valence-corrected chi connectivity index (χ4v) is 1.51. The summed E-state index contributed by atoms with van der Waals surface area (Å²) in [6.07, 6.45) is 3.01. The van der Waals surface area contributed by atoms with Gasteiger partial charge in [-0.15, -0.1) is 6.58 Å². The lowest BCUT2D eigenvalue weighted by atomic mass is 10.2. The van der Waals surface area contributed by atoms with Crippen molar-refractivity contribution in [1.82, 2.24) is 4.90 Å². The molecule has 18 heavy (non-hydrogen) atoms. The zero-order valence-electron chi connectivity index (χ0n) is 10.6. The van der Waals surface area contributed by atoms with Crippen LogP contribution in [0.25, 0.3) is 0 Å². The van der Waals surface area contributed by atoms with Gasteiger partial charge in [0, 0.05) is 6.54 Å². The van der Waals surface area contributed by atoms with Gasteiger partial charge in [-0.05, 0) is 19.9 Å². The summed E-state index contributed by atoms with van der Waals surface area (Å²) in [4.78, 5) is 24.9. The van der Waals surface area contributed by atoms with Gasteiger partial charge in [-0.25, -0.2) is 0 Å². The number of carbonyl (C=O) groups excluding carboxylic acids is 2. The average molecular weight is 251 g/mol. The molecule has 1 aromatic heterocycles. The number of amides is 1. The van der Waals surface area contributed by atoms with Crippen molar-refractivity contribution < 1.29 is 18.7 Å². The summed E-state index contributed by atoms with van der Waals surface area (Å²) in [6.45, 7) is 7.47. The van der Waals surface area contributed by atoms with E-state index in [0.29, 0.717) is 17.9 Å². The van der Waals surface area contributed by atoms with E-state index < -0.39 is 5.97 Å². The van der Waals surface area contributed by atoms with Crippen LogP contribution in [0.1, 0.15) is 23.0 Å². The summed E-state index contributed by atoms with van der Waals surface area (Å²) >= 11 is 0. The first-order valence-electron chi connectivity index (χ1n) is 5.70. The summed E-state index contributed by atoms with van der Waals surface area (Å²) in [7, 11) is 0. The largest absolute Gasteiger partial charge is 0.469 e. The molecule has 0 radical (unpaired) electrons. The average Bonchev–Trinajstić information content (AvgIpc) is 2.74. The van der Waals surface area contributed by atoms with Gasteiger partial charge in [0.25, 0.3) is 5.91 Å². The second kappa shape index (κ2) is 6.64. The van der Waals surface area contributed by atoms with Crippen molar-refractivity contribution in [2.45, 2.75) is 13.8 Å². The van der Waals surface area contributed by atoms with E-state index in [1.807, 2.05) is 0 Å². The summed E-state index contributed by atoms with van der Waals surface area (Å²) in [6, 6.07) is 1.58. The monoisotopic (exact) mass is 251 g/mol. The minimum atomic E-state index is -0.436. The molecule has 1 aromatic rings. The van der Waals surface area contributed by atoms with Crippen molar-refractivity contribution >= 4 is 11.9 Å². The number of hydrogen-bond donors (Lipinski definition) is 0. The standard InChI is InChI=1S/C13H17NO4/c1-4-7-14(9-12(15)17-5-2)13(16)11-6-8-18-10(11)3/h4,6,8H,1,5,7,9H2,2-3H3. The first kappa shape index (κ1) is 14.0. The van der Waals surface area contributed by atoms with Gasteiger partial charge in [-0.1, -0.05) is 6.08 Å². The Balaban J connectivity index is 2.78. The predicted molar refractivity (Wildman–Crippen MR) is 66.2 cm³/mol. The molecule has 1 rings (SSSR count). The molecule has 1 heterocycles. The van der Waals surface area contributed by atoms with Crippen molar-refractivity contribution in [2.24, 2.45) is 0 Å². The van der Waals surface area contributed by atoms with Crippen LogP contribution in [-0.2, 0) is 9.53 Å².